The standard InChI is InChI=1S/C12H22N4O2S/c1-5-13-12(3,10(17)18-4)7-6-8-19-11-14-9(2)15-16-11/h13H,5-8H2,1-4H3,(H,14,15,16). The first-order valence-electron chi connectivity index (χ1n) is 6.37. The average molecular weight is 286 g/mol. The van der Waals surface area contributed by atoms with Gasteiger partial charge in [0.25, 0.3) is 0 Å². The Morgan fingerprint density at radius 3 is 2.84 bits per heavy atom. The lowest BCUT2D eigenvalue weighted by Gasteiger charge is -2.27. The summed E-state index contributed by atoms with van der Waals surface area (Å²) in [6.45, 7) is 6.46. The highest BCUT2D eigenvalue weighted by atomic mass is 32.2. The van der Waals surface area contributed by atoms with Crippen LogP contribution in [-0.2, 0) is 9.53 Å². The maximum atomic E-state index is 11.8. The number of ether oxygens (including phenoxy) is 1. The lowest BCUT2D eigenvalue weighted by molar-refractivity contribution is -0.148. The molecule has 1 heterocycles. The second-order valence-corrected chi connectivity index (χ2v) is 5.57. The smallest absolute Gasteiger partial charge is 0.325 e. The van der Waals surface area contributed by atoms with Crippen molar-refractivity contribution in [2.45, 2.75) is 44.3 Å². The summed E-state index contributed by atoms with van der Waals surface area (Å²) in [6, 6.07) is 0. The highest BCUT2D eigenvalue weighted by molar-refractivity contribution is 7.99. The molecule has 6 nitrogen and oxygen atoms in total. The van der Waals surface area contributed by atoms with Gasteiger partial charge in [0.05, 0.1) is 7.11 Å². The summed E-state index contributed by atoms with van der Waals surface area (Å²) in [5, 5.41) is 10.8. The number of hydrogen-bond donors (Lipinski definition) is 2. The number of H-pyrrole nitrogens is 1. The number of aryl methyl sites for hydroxylation is 1. The minimum absolute atomic E-state index is 0.215. The van der Waals surface area contributed by atoms with Gasteiger partial charge in [-0.2, -0.15) is 0 Å². The summed E-state index contributed by atoms with van der Waals surface area (Å²) in [4.78, 5) is 16.0. The molecule has 0 aliphatic heterocycles. The number of nitrogens with one attached hydrogen (secondary N) is 2. The SMILES string of the molecule is CCNC(C)(CCCSc1n[nH]c(C)n1)C(=O)OC. The van der Waals surface area contributed by atoms with Crippen molar-refractivity contribution >= 4 is 17.7 Å². The Morgan fingerprint density at radius 2 is 2.32 bits per heavy atom. The topological polar surface area (TPSA) is 79.9 Å². The number of aromatic amines is 1. The Kier molecular flexibility index (Phi) is 6.30. The van der Waals surface area contributed by atoms with Crippen LogP contribution in [0.2, 0.25) is 0 Å². The quantitative estimate of drug-likeness (QED) is 0.428. The van der Waals surface area contributed by atoms with E-state index in [0.29, 0.717) is 0 Å². The number of aromatic nitrogens is 3. The lowest BCUT2D eigenvalue weighted by atomic mass is 9.96. The lowest BCUT2D eigenvalue weighted by Crippen LogP contribution is -2.50. The number of esters is 1. The molecule has 108 valence electrons. The van der Waals surface area contributed by atoms with Crippen molar-refractivity contribution in [3.05, 3.63) is 5.82 Å². The van der Waals surface area contributed by atoms with E-state index in [2.05, 4.69) is 20.5 Å². The summed E-state index contributed by atoms with van der Waals surface area (Å²) in [5.74, 6) is 1.47. The molecule has 0 saturated carbocycles. The summed E-state index contributed by atoms with van der Waals surface area (Å²) in [7, 11) is 1.42. The zero-order valence-corrected chi connectivity index (χ0v) is 12.8. The Balaban J connectivity index is 2.38. The van der Waals surface area contributed by atoms with Gasteiger partial charge in [-0.25, -0.2) is 4.98 Å². The summed E-state index contributed by atoms with van der Waals surface area (Å²) >= 11 is 1.59. The molecule has 0 amide bonds. The second-order valence-electron chi connectivity index (χ2n) is 4.51. The van der Waals surface area contributed by atoms with Crippen LogP contribution in [-0.4, -0.2) is 46.1 Å². The van der Waals surface area contributed by atoms with Crippen LogP contribution in [0.5, 0.6) is 0 Å². The predicted molar refractivity (Wildman–Crippen MR) is 75.2 cm³/mol. The van der Waals surface area contributed by atoms with Gasteiger partial charge in [-0.1, -0.05) is 18.7 Å². The van der Waals surface area contributed by atoms with E-state index < -0.39 is 5.54 Å². The Hall–Kier alpha value is -1.08. The molecule has 0 saturated heterocycles. The van der Waals surface area contributed by atoms with Gasteiger partial charge in [0.15, 0.2) is 0 Å². The molecule has 0 fully saturated rings. The normalized spacial score (nSPS) is 14.1. The Morgan fingerprint density at radius 1 is 1.58 bits per heavy atom. The Labute approximate surface area is 118 Å². The minimum Gasteiger partial charge on any atom is -0.468 e. The Bertz CT molecular complexity index is 410. The number of methoxy groups -OCH3 is 1. The molecule has 1 atom stereocenters. The fourth-order valence-corrected chi connectivity index (χ4v) is 2.64. The number of carbonyl (C=O) groups is 1. The molecule has 1 aromatic rings. The number of hydrogen-bond acceptors (Lipinski definition) is 6. The van der Waals surface area contributed by atoms with E-state index in [1.165, 1.54) is 7.11 Å². The van der Waals surface area contributed by atoms with Gasteiger partial charge in [0, 0.05) is 5.75 Å². The highest BCUT2D eigenvalue weighted by Gasteiger charge is 2.32. The minimum atomic E-state index is -0.612. The van der Waals surface area contributed by atoms with Gasteiger partial charge in [0.2, 0.25) is 5.16 Å². The van der Waals surface area contributed by atoms with Crippen molar-refractivity contribution < 1.29 is 9.53 Å². The molecule has 0 bridgehead atoms. The van der Waals surface area contributed by atoms with Crippen LogP contribution in [0.1, 0.15) is 32.5 Å². The molecule has 0 aliphatic carbocycles. The number of likely N-dealkylation sites (N-methyl/N-ethyl adjacent to an activating group) is 1. The average Bonchev–Trinajstić information content (AvgIpc) is 2.80. The first-order chi connectivity index (χ1) is 9.01. The maximum Gasteiger partial charge on any atom is 0.325 e. The first-order valence-corrected chi connectivity index (χ1v) is 7.35. The van der Waals surface area contributed by atoms with E-state index in [9.17, 15) is 4.79 Å². The fraction of sp³-hybridized carbons (Fsp3) is 0.750. The molecule has 0 radical (unpaired) electrons. The van der Waals surface area contributed by atoms with Gasteiger partial charge < -0.3 is 10.1 Å². The van der Waals surface area contributed by atoms with Crippen molar-refractivity contribution in [3.63, 3.8) is 0 Å². The molecular formula is C12H22N4O2S. The van der Waals surface area contributed by atoms with Crippen LogP contribution < -0.4 is 5.32 Å². The molecule has 0 aliphatic rings. The molecule has 19 heavy (non-hydrogen) atoms. The molecule has 1 unspecified atom stereocenters. The van der Waals surface area contributed by atoms with E-state index in [4.69, 9.17) is 4.74 Å². The summed E-state index contributed by atoms with van der Waals surface area (Å²) in [6.07, 6.45) is 1.61. The van der Waals surface area contributed by atoms with Crippen LogP contribution in [0.25, 0.3) is 0 Å². The van der Waals surface area contributed by atoms with Crippen LogP contribution in [0, 0.1) is 6.92 Å². The molecular weight excluding hydrogens is 264 g/mol. The van der Waals surface area contributed by atoms with E-state index in [-0.39, 0.29) is 5.97 Å². The third-order valence-electron chi connectivity index (χ3n) is 2.83. The van der Waals surface area contributed by atoms with Gasteiger partial charge in [-0.3, -0.25) is 9.89 Å². The van der Waals surface area contributed by atoms with Crippen molar-refractivity contribution in [2.24, 2.45) is 0 Å². The van der Waals surface area contributed by atoms with Crippen LogP contribution in [0.15, 0.2) is 5.16 Å². The fourth-order valence-electron chi connectivity index (χ4n) is 1.85. The third kappa shape index (κ3) is 4.83. The first kappa shape index (κ1) is 16.0. The monoisotopic (exact) mass is 286 g/mol. The largest absolute Gasteiger partial charge is 0.468 e. The van der Waals surface area contributed by atoms with Gasteiger partial charge in [0.1, 0.15) is 11.4 Å². The van der Waals surface area contributed by atoms with Gasteiger partial charge >= 0.3 is 5.97 Å². The van der Waals surface area contributed by atoms with Gasteiger partial charge in [-0.15, -0.1) is 5.10 Å². The zero-order chi connectivity index (χ0) is 14.3. The van der Waals surface area contributed by atoms with Crippen LogP contribution in [0.4, 0.5) is 0 Å². The van der Waals surface area contributed by atoms with E-state index in [1.54, 1.807) is 11.8 Å². The number of nitrogens with zero attached hydrogens (tertiary/aromatic N) is 2. The molecule has 7 heteroatoms. The zero-order valence-electron chi connectivity index (χ0n) is 11.9. The van der Waals surface area contributed by atoms with Gasteiger partial charge in [-0.05, 0) is 33.2 Å². The van der Waals surface area contributed by atoms with Crippen molar-refractivity contribution in [3.8, 4) is 0 Å². The number of rotatable bonds is 8. The molecule has 0 aromatic carbocycles. The molecule has 0 spiro atoms. The van der Waals surface area contributed by atoms with E-state index in [0.717, 1.165) is 36.1 Å². The highest BCUT2D eigenvalue weighted by Crippen LogP contribution is 2.19. The number of carbonyl (C=O) groups excluding carboxylic acids is 1. The molecule has 1 rings (SSSR count). The summed E-state index contributed by atoms with van der Waals surface area (Å²) < 4.78 is 4.85. The molecule has 2 N–H and O–H groups in total. The number of thioether (sulfide) groups is 1. The molecule has 1 aromatic heterocycles. The van der Waals surface area contributed by atoms with E-state index in [1.807, 2.05) is 20.8 Å². The van der Waals surface area contributed by atoms with Crippen molar-refractivity contribution in [2.75, 3.05) is 19.4 Å². The van der Waals surface area contributed by atoms with Crippen molar-refractivity contribution in [1.82, 2.24) is 20.5 Å². The maximum absolute atomic E-state index is 11.8. The van der Waals surface area contributed by atoms with Crippen LogP contribution in [0.3, 0.4) is 0 Å². The summed E-state index contributed by atoms with van der Waals surface area (Å²) in [5.41, 5.74) is -0.612. The van der Waals surface area contributed by atoms with E-state index >= 15 is 0 Å². The second kappa shape index (κ2) is 7.49. The predicted octanol–water partition coefficient (Wildman–Crippen LogP) is 1.53. The third-order valence-corrected chi connectivity index (χ3v) is 3.77. The van der Waals surface area contributed by atoms with Crippen molar-refractivity contribution in [1.29, 1.82) is 0 Å². The van der Waals surface area contributed by atoms with Crippen LogP contribution >= 0.6 is 11.8 Å².